The van der Waals surface area contributed by atoms with Crippen LogP contribution >= 0.6 is 0 Å². The lowest BCUT2D eigenvalue weighted by atomic mass is 10.1. The van der Waals surface area contributed by atoms with Crippen molar-refractivity contribution in [3.8, 4) is 5.75 Å². The fourth-order valence-electron chi connectivity index (χ4n) is 3.64. The molecule has 0 bridgehead atoms. The van der Waals surface area contributed by atoms with E-state index in [-0.39, 0.29) is 29.6 Å². The third-order valence-corrected chi connectivity index (χ3v) is 7.13. The van der Waals surface area contributed by atoms with Crippen LogP contribution in [0.2, 0.25) is 0 Å². The van der Waals surface area contributed by atoms with Crippen LogP contribution in [0.1, 0.15) is 21.5 Å². The van der Waals surface area contributed by atoms with Crippen molar-refractivity contribution in [3.63, 3.8) is 0 Å². The number of amides is 1. The minimum absolute atomic E-state index is 0.0106. The molecule has 4 aromatic carbocycles. The average molecular weight is 531 g/mol. The number of ether oxygens (including phenoxy) is 1. The van der Waals surface area contributed by atoms with E-state index in [2.05, 4.69) is 10.0 Å². The summed E-state index contributed by atoms with van der Waals surface area (Å²) in [5.41, 5.74) is 2.28. The normalized spacial score (nSPS) is 11.9. The van der Waals surface area contributed by atoms with Crippen molar-refractivity contribution in [2.45, 2.75) is 24.0 Å². The average Bonchev–Trinajstić information content (AvgIpc) is 2.94. The Hall–Kier alpha value is -4.47. The molecule has 0 aliphatic rings. The highest BCUT2D eigenvalue weighted by Gasteiger charge is 2.27. The summed E-state index contributed by atoms with van der Waals surface area (Å²) in [5, 5.41) is 12.3. The molecule has 1 atom stereocenters. The predicted molar refractivity (Wildman–Crippen MR) is 143 cm³/mol. The summed E-state index contributed by atoms with van der Waals surface area (Å²) in [6, 6.07) is 28.2. The molecular formula is C29H26N2O6S. The zero-order valence-corrected chi connectivity index (χ0v) is 21.1. The van der Waals surface area contributed by atoms with E-state index in [0.29, 0.717) is 16.8 Å². The first-order valence-electron chi connectivity index (χ1n) is 11.8. The summed E-state index contributed by atoms with van der Waals surface area (Å²) in [7, 11) is -4.13. The second kappa shape index (κ2) is 12.2. The maximum absolute atomic E-state index is 13.2. The first-order chi connectivity index (χ1) is 18.3. The van der Waals surface area contributed by atoms with Crippen LogP contribution in [0.5, 0.6) is 5.75 Å². The third kappa shape index (κ3) is 7.28. The molecule has 0 radical (unpaired) electrons. The van der Waals surface area contributed by atoms with Gasteiger partial charge in [0, 0.05) is 11.3 Å². The number of benzene rings is 4. The second-order valence-electron chi connectivity index (χ2n) is 8.48. The largest absolute Gasteiger partial charge is 0.508 e. The van der Waals surface area contributed by atoms with Gasteiger partial charge in [-0.1, -0.05) is 60.7 Å². The van der Waals surface area contributed by atoms with Crippen LogP contribution in [0, 0.1) is 0 Å². The number of hydrogen-bond donors (Lipinski definition) is 3. The molecule has 0 aliphatic carbocycles. The third-order valence-electron chi connectivity index (χ3n) is 5.64. The number of nitrogens with one attached hydrogen (secondary N) is 2. The van der Waals surface area contributed by atoms with Crippen LogP contribution in [-0.4, -0.2) is 31.4 Å². The summed E-state index contributed by atoms with van der Waals surface area (Å²) in [4.78, 5) is 25.2. The Labute approximate surface area is 221 Å². The Balaban J connectivity index is 1.48. The Morgan fingerprint density at radius 1 is 0.763 bits per heavy atom. The summed E-state index contributed by atoms with van der Waals surface area (Å²) in [6.45, 7) is -0.0106. The van der Waals surface area contributed by atoms with Gasteiger partial charge >= 0.3 is 5.97 Å². The molecule has 4 rings (SSSR count). The maximum Gasteiger partial charge on any atom is 0.324 e. The fourth-order valence-corrected chi connectivity index (χ4v) is 4.82. The number of anilines is 1. The lowest BCUT2D eigenvalue weighted by molar-refractivity contribution is -0.147. The number of aromatic hydroxyl groups is 1. The molecule has 0 saturated heterocycles. The number of esters is 1. The minimum atomic E-state index is -4.13. The zero-order chi connectivity index (χ0) is 27.0. The Morgan fingerprint density at radius 3 is 2.00 bits per heavy atom. The molecule has 0 aliphatic heterocycles. The Bertz CT molecular complexity index is 1470. The van der Waals surface area contributed by atoms with Crippen molar-refractivity contribution >= 4 is 27.6 Å². The topological polar surface area (TPSA) is 122 Å². The van der Waals surface area contributed by atoms with Crippen LogP contribution in [-0.2, 0) is 32.6 Å². The van der Waals surface area contributed by atoms with Crippen molar-refractivity contribution < 1.29 is 27.9 Å². The van der Waals surface area contributed by atoms with Crippen LogP contribution in [0.3, 0.4) is 0 Å². The number of rotatable bonds is 10. The van der Waals surface area contributed by atoms with Crippen LogP contribution in [0.15, 0.2) is 114 Å². The molecule has 194 valence electrons. The minimum Gasteiger partial charge on any atom is -0.508 e. The van der Waals surface area contributed by atoms with Gasteiger partial charge in [-0.3, -0.25) is 9.59 Å². The molecule has 0 fully saturated rings. The van der Waals surface area contributed by atoms with E-state index in [9.17, 15) is 23.1 Å². The van der Waals surface area contributed by atoms with E-state index in [4.69, 9.17) is 4.74 Å². The van der Waals surface area contributed by atoms with Crippen molar-refractivity contribution in [2.24, 2.45) is 0 Å². The molecule has 0 heterocycles. The molecule has 9 heteroatoms. The van der Waals surface area contributed by atoms with Crippen molar-refractivity contribution in [1.29, 1.82) is 0 Å². The van der Waals surface area contributed by atoms with E-state index in [1.807, 2.05) is 18.2 Å². The van der Waals surface area contributed by atoms with Gasteiger partial charge < -0.3 is 15.2 Å². The molecular weight excluding hydrogens is 504 g/mol. The van der Waals surface area contributed by atoms with E-state index >= 15 is 0 Å². The molecule has 0 aromatic heterocycles. The molecule has 8 nitrogen and oxygen atoms in total. The number of sulfonamides is 1. The summed E-state index contributed by atoms with van der Waals surface area (Å²) >= 11 is 0. The number of phenolic OH excluding ortho intramolecular Hbond substituents is 1. The van der Waals surface area contributed by atoms with Gasteiger partial charge in [0.2, 0.25) is 10.0 Å². The Morgan fingerprint density at radius 2 is 1.37 bits per heavy atom. The van der Waals surface area contributed by atoms with Crippen LogP contribution in [0.4, 0.5) is 5.69 Å². The summed E-state index contributed by atoms with van der Waals surface area (Å²) in [6.07, 6.45) is 0.0123. The van der Waals surface area contributed by atoms with E-state index in [0.717, 1.165) is 5.56 Å². The SMILES string of the molecule is O=C(Nc1ccc(S(=O)(=O)N[C@H](Cc2ccc(O)cc2)C(=O)OCc2ccccc2)cc1)c1ccccc1. The van der Waals surface area contributed by atoms with Gasteiger partial charge in [0.25, 0.3) is 5.91 Å². The molecule has 0 unspecified atom stereocenters. The monoisotopic (exact) mass is 530 g/mol. The van der Waals surface area contributed by atoms with Gasteiger partial charge in [-0.2, -0.15) is 4.72 Å². The van der Waals surface area contributed by atoms with Crippen LogP contribution in [0.25, 0.3) is 0 Å². The smallest absolute Gasteiger partial charge is 0.324 e. The highest BCUT2D eigenvalue weighted by atomic mass is 32.2. The van der Waals surface area contributed by atoms with Gasteiger partial charge in [0.15, 0.2) is 0 Å². The van der Waals surface area contributed by atoms with Gasteiger partial charge in [-0.15, -0.1) is 0 Å². The lowest BCUT2D eigenvalue weighted by Gasteiger charge is -2.18. The predicted octanol–water partition coefficient (Wildman–Crippen LogP) is 4.28. The standard InChI is InChI=1S/C29H26N2O6S/c32-25-15-11-21(12-16-25)19-27(29(34)37-20-22-7-3-1-4-8-22)31-38(35,36)26-17-13-24(14-18-26)30-28(33)23-9-5-2-6-10-23/h1-18,27,31-32H,19-20H2,(H,30,33)/t27-/m1/s1. The number of phenols is 1. The van der Waals surface area contributed by atoms with Gasteiger partial charge in [0.05, 0.1) is 4.90 Å². The summed E-state index contributed by atoms with van der Waals surface area (Å²) < 4.78 is 34.2. The highest BCUT2D eigenvalue weighted by molar-refractivity contribution is 7.89. The first-order valence-corrected chi connectivity index (χ1v) is 13.3. The van der Waals surface area contributed by atoms with Gasteiger partial charge in [0.1, 0.15) is 18.4 Å². The number of hydrogen-bond acceptors (Lipinski definition) is 6. The highest BCUT2D eigenvalue weighted by Crippen LogP contribution is 2.18. The van der Waals surface area contributed by atoms with Crippen LogP contribution < -0.4 is 10.0 Å². The fraction of sp³-hybridized carbons (Fsp3) is 0.103. The van der Waals surface area contributed by atoms with Crippen molar-refractivity contribution in [2.75, 3.05) is 5.32 Å². The molecule has 0 spiro atoms. The quantitative estimate of drug-likeness (QED) is 0.263. The maximum atomic E-state index is 13.2. The van der Waals surface area contributed by atoms with E-state index in [1.165, 1.54) is 36.4 Å². The van der Waals surface area contributed by atoms with Gasteiger partial charge in [-0.25, -0.2) is 8.42 Å². The lowest BCUT2D eigenvalue weighted by Crippen LogP contribution is -2.43. The second-order valence-corrected chi connectivity index (χ2v) is 10.2. The molecule has 0 saturated carbocycles. The summed E-state index contributed by atoms with van der Waals surface area (Å²) in [5.74, 6) is -1.01. The number of carbonyl (C=O) groups excluding carboxylic acids is 2. The van der Waals surface area contributed by atoms with Crippen molar-refractivity contribution in [3.05, 3.63) is 126 Å². The zero-order valence-electron chi connectivity index (χ0n) is 20.3. The first kappa shape index (κ1) is 26.6. The van der Waals surface area contributed by atoms with Gasteiger partial charge in [-0.05, 0) is 66.1 Å². The molecule has 38 heavy (non-hydrogen) atoms. The van der Waals surface area contributed by atoms with Crippen molar-refractivity contribution in [1.82, 2.24) is 4.72 Å². The Kier molecular flexibility index (Phi) is 8.52. The van der Waals surface area contributed by atoms with E-state index in [1.54, 1.807) is 54.6 Å². The molecule has 1 amide bonds. The molecule has 4 aromatic rings. The molecule has 3 N–H and O–H groups in total. The number of carbonyl (C=O) groups is 2. The van der Waals surface area contributed by atoms with E-state index < -0.39 is 22.0 Å².